The summed E-state index contributed by atoms with van der Waals surface area (Å²) in [5, 5.41) is 3.22. The van der Waals surface area contributed by atoms with Gasteiger partial charge in [-0.3, -0.25) is 4.79 Å². The molecule has 4 rings (SSSR count). The molecule has 1 N–H and O–H groups in total. The summed E-state index contributed by atoms with van der Waals surface area (Å²) >= 11 is 1.36. The van der Waals surface area contributed by atoms with Crippen molar-refractivity contribution in [1.82, 2.24) is 4.31 Å². The van der Waals surface area contributed by atoms with Crippen molar-refractivity contribution in [2.75, 3.05) is 19.0 Å². The van der Waals surface area contributed by atoms with Gasteiger partial charge in [0.15, 0.2) is 0 Å². The number of esters is 1. The molecular formula is C22H25FN2O5S2. The van der Waals surface area contributed by atoms with E-state index in [2.05, 4.69) is 12.2 Å². The van der Waals surface area contributed by atoms with E-state index in [1.165, 1.54) is 30.6 Å². The first-order chi connectivity index (χ1) is 15.2. The van der Waals surface area contributed by atoms with Gasteiger partial charge in [0.25, 0.3) is 0 Å². The molecule has 1 fully saturated rings. The summed E-state index contributed by atoms with van der Waals surface area (Å²) in [6, 6.07) is 3.65. The molecule has 1 saturated heterocycles. The minimum atomic E-state index is -3.97. The predicted molar refractivity (Wildman–Crippen MR) is 119 cm³/mol. The molecular weight excluding hydrogens is 455 g/mol. The Hall–Kier alpha value is -2.30. The van der Waals surface area contributed by atoms with Gasteiger partial charge in [-0.1, -0.05) is 6.92 Å². The van der Waals surface area contributed by atoms with E-state index in [0.29, 0.717) is 29.3 Å². The Bertz CT molecular complexity index is 1140. The number of thiophene rings is 1. The van der Waals surface area contributed by atoms with Gasteiger partial charge in [0.05, 0.1) is 17.6 Å². The number of anilines is 1. The summed E-state index contributed by atoms with van der Waals surface area (Å²) in [5.74, 6) is -1.04. The molecule has 2 heterocycles. The van der Waals surface area contributed by atoms with Crippen molar-refractivity contribution in [3.05, 3.63) is 46.1 Å². The number of amides is 1. The lowest BCUT2D eigenvalue weighted by molar-refractivity contribution is -0.119. The molecule has 0 radical (unpaired) electrons. The largest absolute Gasteiger partial charge is 0.465 e. The van der Waals surface area contributed by atoms with Crippen molar-refractivity contribution in [2.45, 2.75) is 50.0 Å². The van der Waals surface area contributed by atoms with E-state index < -0.39 is 33.8 Å². The number of hydrogen-bond acceptors (Lipinski definition) is 6. The monoisotopic (exact) mass is 480 g/mol. The summed E-state index contributed by atoms with van der Waals surface area (Å²) in [7, 11) is -2.66. The number of halogens is 1. The fourth-order valence-corrected chi connectivity index (χ4v) is 7.44. The van der Waals surface area contributed by atoms with Gasteiger partial charge < -0.3 is 10.1 Å². The second kappa shape index (κ2) is 8.92. The third kappa shape index (κ3) is 4.18. The van der Waals surface area contributed by atoms with Crippen LogP contribution in [0.25, 0.3) is 0 Å². The van der Waals surface area contributed by atoms with Crippen molar-refractivity contribution < 1.29 is 27.1 Å². The summed E-state index contributed by atoms with van der Waals surface area (Å²) in [4.78, 5) is 26.7. The maximum absolute atomic E-state index is 13.2. The van der Waals surface area contributed by atoms with Crippen molar-refractivity contribution in [3.63, 3.8) is 0 Å². The molecule has 0 bridgehead atoms. The highest BCUT2D eigenvalue weighted by Crippen LogP contribution is 2.40. The number of methoxy groups -OCH3 is 1. The van der Waals surface area contributed by atoms with Gasteiger partial charge in [0, 0.05) is 11.4 Å². The van der Waals surface area contributed by atoms with Crippen LogP contribution in [0.5, 0.6) is 0 Å². The number of nitrogens with zero attached hydrogens (tertiary/aromatic N) is 1. The van der Waals surface area contributed by atoms with E-state index >= 15 is 0 Å². The molecule has 1 aromatic carbocycles. The van der Waals surface area contributed by atoms with Gasteiger partial charge in [-0.05, 0) is 67.9 Å². The SMILES string of the molecule is COC(=O)c1c(NC(=O)C2CCCN2S(=O)(=O)c2ccc(F)cc2)sc2c1CCC(C)C2. The van der Waals surface area contributed by atoms with Gasteiger partial charge in [-0.15, -0.1) is 11.3 Å². The lowest BCUT2D eigenvalue weighted by Gasteiger charge is -2.23. The van der Waals surface area contributed by atoms with Crippen LogP contribution in [-0.2, 0) is 32.4 Å². The van der Waals surface area contributed by atoms with Crippen LogP contribution in [0.15, 0.2) is 29.2 Å². The van der Waals surface area contributed by atoms with Gasteiger partial charge in [-0.2, -0.15) is 4.31 Å². The van der Waals surface area contributed by atoms with Crippen LogP contribution in [0.3, 0.4) is 0 Å². The van der Waals surface area contributed by atoms with E-state index in [1.807, 2.05) is 0 Å². The fraction of sp³-hybridized carbons (Fsp3) is 0.455. The summed E-state index contributed by atoms with van der Waals surface area (Å²) in [5.41, 5.74) is 1.29. The highest BCUT2D eigenvalue weighted by atomic mass is 32.2. The van der Waals surface area contributed by atoms with Gasteiger partial charge in [0.1, 0.15) is 16.9 Å². The zero-order chi connectivity index (χ0) is 23.0. The number of carbonyl (C=O) groups excluding carboxylic acids is 2. The molecule has 7 nitrogen and oxygen atoms in total. The lowest BCUT2D eigenvalue weighted by atomic mass is 9.88. The molecule has 1 aliphatic heterocycles. The molecule has 0 spiro atoms. The number of nitrogens with one attached hydrogen (secondary N) is 1. The molecule has 32 heavy (non-hydrogen) atoms. The van der Waals surface area contributed by atoms with Crippen LogP contribution in [0.2, 0.25) is 0 Å². The normalized spacial score (nSPS) is 21.2. The van der Waals surface area contributed by atoms with Crippen molar-refractivity contribution in [3.8, 4) is 0 Å². The molecule has 10 heteroatoms. The number of rotatable bonds is 5. The first kappa shape index (κ1) is 22.9. The number of hydrogen-bond donors (Lipinski definition) is 1. The molecule has 0 saturated carbocycles. The Kier molecular flexibility index (Phi) is 6.37. The van der Waals surface area contributed by atoms with Crippen LogP contribution in [0.1, 0.15) is 47.0 Å². The van der Waals surface area contributed by atoms with E-state index in [9.17, 15) is 22.4 Å². The summed E-state index contributed by atoms with van der Waals surface area (Å²) < 4.78 is 45.5. The quantitative estimate of drug-likeness (QED) is 0.661. The third-order valence-corrected chi connectivity index (χ3v) is 9.16. The molecule has 1 amide bonds. The number of sulfonamides is 1. The average Bonchev–Trinajstić information content (AvgIpc) is 3.38. The van der Waals surface area contributed by atoms with Crippen LogP contribution in [0.4, 0.5) is 9.39 Å². The van der Waals surface area contributed by atoms with Crippen molar-refractivity contribution in [2.24, 2.45) is 5.92 Å². The first-order valence-electron chi connectivity index (χ1n) is 10.5. The standard InChI is InChI=1S/C22H25FN2O5S2/c1-13-5-10-16-18(12-13)31-21(19(16)22(27)30-2)24-20(26)17-4-3-11-25(17)32(28,29)15-8-6-14(23)7-9-15/h6-9,13,17H,3-5,10-12H2,1-2H3,(H,24,26). The molecule has 1 aromatic heterocycles. The van der Waals surface area contributed by atoms with Gasteiger partial charge in [0.2, 0.25) is 15.9 Å². The topological polar surface area (TPSA) is 92.8 Å². The molecule has 172 valence electrons. The smallest absolute Gasteiger partial charge is 0.341 e. The van der Waals surface area contributed by atoms with E-state index in [0.717, 1.165) is 46.1 Å². The Balaban J connectivity index is 1.61. The summed E-state index contributed by atoms with van der Waals surface area (Å²) in [6.45, 7) is 2.34. The second-order valence-electron chi connectivity index (χ2n) is 8.26. The Morgan fingerprint density at radius 2 is 1.94 bits per heavy atom. The number of fused-ring (bicyclic) bond motifs is 1. The minimum Gasteiger partial charge on any atom is -0.465 e. The van der Waals surface area contributed by atoms with Crippen LogP contribution in [-0.4, -0.2) is 44.3 Å². The van der Waals surface area contributed by atoms with Crippen LogP contribution >= 0.6 is 11.3 Å². The maximum Gasteiger partial charge on any atom is 0.341 e. The van der Waals surface area contributed by atoms with Gasteiger partial charge in [-0.25, -0.2) is 17.6 Å². The Morgan fingerprint density at radius 1 is 1.22 bits per heavy atom. The van der Waals surface area contributed by atoms with Crippen LogP contribution < -0.4 is 5.32 Å². The van der Waals surface area contributed by atoms with E-state index in [4.69, 9.17) is 4.74 Å². The molecule has 2 atom stereocenters. The van der Waals surface area contributed by atoms with Crippen molar-refractivity contribution in [1.29, 1.82) is 0 Å². The highest BCUT2D eigenvalue weighted by molar-refractivity contribution is 7.89. The molecule has 1 aliphatic carbocycles. The number of ether oxygens (including phenoxy) is 1. The van der Waals surface area contributed by atoms with E-state index in [-0.39, 0.29) is 11.4 Å². The zero-order valence-corrected chi connectivity index (χ0v) is 19.5. The first-order valence-corrected chi connectivity index (χ1v) is 12.8. The molecule has 2 aromatic rings. The number of benzene rings is 1. The molecule has 2 unspecified atom stereocenters. The Morgan fingerprint density at radius 3 is 2.62 bits per heavy atom. The third-order valence-electron chi connectivity index (χ3n) is 6.06. The zero-order valence-electron chi connectivity index (χ0n) is 17.9. The second-order valence-corrected chi connectivity index (χ2v) is 11.3. The lowest BCUT2D eigenvalue weighted by Crippen LogP contribution is -2.43. The Labute approximate surface area is 190 Å². The van der Waals surface area contributed by atoms with Crippen molar-refractivity contribution >= 4 is 38.2 Å². The fourth-order valence-electron chi connectivity index (χ4n) is 4.38. The van der Waals surface area contributed by atoms with Gasteiger partial charge >= 0.3 is 5.97 Å². The molecule has 2 aliphatic rings. The predicted octanol–water partition coefficient (Wildman–Crippen LogP) is 3.59. The maximum atomic E-state index is 13.2. The summed E-state index contributed by atoms with van der Waals surface area (Å²) in [6.07, 6.45) is 3.41. The number of carbonyl (C=O) groups is 2. The highest BCUT2D eigenvalue weighted by Gasteiger charge is 2.40. The minimum absolute atomic E-state index is 0.0607. The van der Waals surface area contributed by atoms with Crippen LogP contribution in [0, 0.1) is 11.7 Å². The van der Waals surface area contributed by atoms with E-state index in [1.54, 1.807) is 0 Å². The average molecular weight is 481 g/mol.